The number of nitrogens with zero attached hydrogens (tertiary/aromatic N) is 1. The van der Waals surface area contributed by atoms with Gasteiger partial charge in [0.1, 0.15) is 16.9 Å². The molecule has 112 valence electrons. The number of thiophene rings is 1. The molecular formula is C17H15FN2OS. The minimum Gasteiger partial charge on any atom is -0.368 e. The van der Waals surface area contributed by atoms with E-state index in [4.69, 9.17) is 0 Å². The molecule has 1 heterocycles. The first-order valence-electron chi connectivity index (χ1n) is 7.26. The molecule has 0 bridgehead atoms. The second-order valence-electron chi connectivity index (χ2n) is 5.31. The lowest BCUT2D eigenvalue weighted by atomic mass is 9.96. The molecule has 5 heteroatoms. The van der Waals surface area contributed by atoms with Crippen LogP contribution in [0.2, 0.25) is 0 Å². The molecule has 0 atom stereocenters. The highest BCUT2D eigenvalue weighted by Gasteiger charge is 2.21. The molecule has 1 N–H and O–H groups in total. The van der Waals surface area contributed by atoms with Crippen molar-refractivity contribution in [3.8, 4) is 6.07 Å². The van der Waals surface area contributed by atoms with Crippen LogP contribution >= 0.6 is 11.3 Å². The Morgan fingerprint density at radius 2 is 2.00 bits per heavy atom. The fourth-order valence-electron chi connectivity index (χ4n) is 2.71. The Labute approximate surface area is 132 Å². The number of hydrogen-bond acceptors (Lipinski definition) is 4. The van der Waals surface area contributed by atoms with Crippen molar-refractivity contribution in [2.24, 2.45) is 0 Å². The van der Waals surface area contributed by atoms with Gasteiger partial charge < -0.3 is 5.32 Å². The molecule has 3 nitrogen and oxygen atoms in total. The number of aryl methyl sites for hydroxylation is 1. The van der Waals surface area contributed by atoms with E-state index in [1.54, 1.807) is 11.3 Å². The summed E-state index contributed by atoms with van der Waals surface area (Å²) in [7, 11) is 0. The maximum atomic E-state index is 12.9. The lowest BCUT2D eigenvalue weighted by Crippen LogP contribution is -2.14. The molecule has 0 unspecified atom stereocenters. The highest BCUT2D eigenvalue weighted by molar-refractivity contribution is 7.16. The van der Waals surface area contributed by atoms with Gasteiger partial charge >= 0.3 is 0 Å². The van der Waals surface area contributed by atoms with Crippen molar-refractivity contribution in [2.45, 2.75) is 25.7 Å². The van der Waals surface area contributed by atoms with Gasteiger partial charge in [0.15, 0.2) is 5.78 Å². The first-order chi connectivity index (χ1) is 10.7. The lowest BCUT2D eigenvalue weighted by Gasteiger charge is -2.09. The molecule has 1 aromatic carbocycles. The maximum Gasteiger partial charge on any atom is 0.181 e. The third-order valence-corrected chi connectivity index (χ3v) is 5.11. The summed E-state index contributed by atoms with van der Waals surface area (Å²) in [6.45, 7) is 0.111. The van der Waals surface area contributed by atoms with E-state index in [0.717, 1.165) is 36.2 Å². The predicted octanol–water partition coefficient (Wildman–Crippen LogP) is 3.93. The second-order valence-corrected chi connectivity index (χ2v) is 6.42. The number of fused-ring (bicyclic) bond motifs is 1. The van der Waals surface area contributed by atoms with E-state index in [2.05, 4.69) is 11.4 Å². The van der Waals surface area contributed by atoms with E-state index in [0.29, 0.717) is 11.1 Å². The van der Waals surface area contributed by atoms with Gasteiger partial charge in [0.2, 0.25) is 0 Å². The Hall–Kier alpha value is -2.19. The number of nitriles is 1. The fourth-order valence-corrected chi connectivity index (χ4v) is 3.94. The smallest absolute Gasteiger partial charge is 0.181 e. The number of carbonyl (C=O) groups is 1. The molecule has 0 amide bonds. The molecule has 0 saturated carbocycles. The number of benzene rings is 1. The minimum absolute atomic E-state index is 0.111. The highest BCUT2D eigenvalue weighted by Crippen LogP contribution is 2.37. The van der Waals surface area contributed by atoms with Crippen LogP contribution in [-0.2, 0) is 12.8 Å². The Morgan fingerprint density at radius 3 is 2.73 bits per heavy atom. The summed E-state index contributed by atoms with van der Waals surface area (Å²) >= 11 is 1.58. The van der Waals surface area contributed by atoms with Crippen LogP contribution in [-0.4, -0.2) is 12.3 Å². The van der Waals surface area contributed by atoms with Crippen LogP contribution in [0.15, 0.2) is 24.3 Å². The van der Waals surface area contributed by atoms with Crippen LogP contribution in [0.4, 0.5) is 9.39 Å². The number of halogens is 1. The van der Waals surface area contributed by atoms with Crippen LogP contribution in [0.1, 0.15) is 39.2 Å². The molecule has 0 saturated heterocycles. The average molecular weight is 314 g/mol. The molecule has 1 aliphatic carbocycles. The van der Waals surface area contributed by atoms with E-state index in [-0.39, 0.29) is 18.1 Å². The van der Waals surface area contributed by atoms with Gasteiger partial charge in [-0.3, -0.25) is 4.79 Å². The van der Waals surface area contributed by atoms with Gasteiger partial charge in [-0.1, -0.05) is 0 Å². The van der Waals surface area contributed by atoms with E-state index >= 15 is 0 Å². The number of Topliss-reactive ketones (excluding diaryl/α,β-unsaturated/α-hetero) is 1. The van der Waals surface area contributed by atoms with E-state index in [1.165, 1.54) is 29.1 Å². The van der Waals surface area contributed by atoms with E-state index in [1.807, 2.05) is 0 Å². The summed E-state index contributed by atoms with van der Waals surface area (Å²) in [6, 6.07) is 7.77. The summed E-state index contributed by atoms with van der Waals surface area (Å²) in [4.78, 5) is 13.4. The molecule has 1 aromatic heterocycles. The second kappa shape index (κ2) is 6.29. The zero-order valence-electron chi connectivity index (χ0n) is 12.0. The van der Waals surface area contributed by atoms with Crippen molar-refractivity contribution in [1.29, 1.82) is 5.26 Å². The monoisotopic (exact) mass is 314 g/mol. The van der Waals surface area contributed by atoms with Gasteiger partial charge in [-0.15, -0.1) is 11.3 Å². The molecule has 22 heavy (non-hydrogen) atoms. The number of hydrogen-bond donors (Lipinski definition) is 1. The fraction of sp³-hybridized carbons (Fsp3) is 0.294. The molecule has 3 rings (SSSR count). The lowest BCUT2D eigenvalue weighted by molar-refractivity contribution is 0.101. The normalized spacial score (nSPS) is 13.3. The number of carbonyl (C=O) groups excluding carboxylic acids is 1. The molecule has 2 aromatic rings. The van der Waals surface area contributed by atoms with Crippen molar-refractivity contribution in [2.75, 3.05) is 11.9 Å². The summed E-state index contributed by atoms with van der Waals surface area (Å²) in [5, 5.41) is 13.2. The predicted molar refractivity (Wildman–Crippen MR) is 84.9 cm³/mol. The molecule has 0 fully saturated rings. The number of nitrogens with one attached hydrogen (secondary N) is 1. The first kappa shape index (κ1) is 14.7. The Bertz CT molecular complexity index is 743. The van der Waals surface area contributed by atoms with Gasteiger partial charge in [0.05, 0.1) is 12.1 Å². The van der Waals surface area contributed by atoms with Crippen LogP contribution < -0.4 is 5.32 Å². The van der Waals surface area contributed by atoms with Crippen LogP contribution in [0.5, 0.6) is 0 Å². The molecule has 0 spiro atoms. The molecule has 0 radical (unpaired) electrons. The molecular weight excluding hydrogens is 299 g/mol. The standard InChI is InChI=1S/C17H15FN2OS/c18-12-7-5-11(6-8-12)15(21)10-20-17-14(9-19)13-3-1-2-4-16(13)22-17/h5-8,20H,1-4,10H2. The summed E-state index contributed by atoms with van der Waals surface area (Å²) in [5.41, 5.74) is 2.30. The van der Waals surface area contributed by atoms with E-state index in [9.17, 15) is 14.4 Å². The molecule has 1 aliphatic rings. The van der Waals surface area contributed by atoms with E-state index < -0.39 is 0 Å². The quantitative estimate of drug-likeness (QED) is 0.870. The Morgan fingerprint density at radius 1 is 1.27 bits per heavy atom. The molecule has 0 aliphatic heterocycles. The highest BCUT2D eigenvalue weighted by atomic mass is 32.1. The largest absolute Gasteiger partial charge is 0.368 e. The summed E-state index contributed by atoms with van der Waals surface area (Å²) in [5.74, 6) is -0.475. The Kier molecular flexibility index (Phi) is 4.21. The van der Waals surface area contributed by atoms with Gasteiger partial charge in [-0.05, 0) is 55.5 Å². The van der Waals surface area contributed by atoms with Gasteiger partial charge in [0, 0.05) is 10.4 Å². The van der Waals surface area contributed by atoms with Gasteiger partial charge in [-0.2, -0.15) is 5.26 Å². The SMILES string of the molecule is N#Cc1c(NCC(=O)c2ccc(F)cc2)sc2c1CCCC2. The van der Waals surface area contributed by atoms with Crippen molar-refractivity contribution < 1.29 is 9.18 Å². The van der Waals surface area contributed by atoms with Gasteiger partial charge in [-0.25, -0.2) is 4.39 Å². The summed E-state index contributed by atoms with van der Waals surface area (Å²) < 4.78 is 12.9. The third kappa shape index (κ3) is 2.88. The van der Waals surface area contributed by atoms with Crippen LogP contribution in [0, 0.1) is 17.1 Å². The van der Waals surface area contributed by atoms with Crippen molar-refractivity contribution in [3.05, 3.63) is 51.7 Å². The minimum atomic E-state index is -0.359. The third-order valence-electron chi connectivity index (χ3n) is 3.86. The van der Waals surface area contributed by atoms with Crippen molar-refractivity contribution >= 4 is 22.1 Å². The Balaban J connectivity index is 1.74. The number of ketones is 1. The average Bonchev–Trinajstić information content (AvgIpc) is 2.90. The number of anilines is 1. The van der Waals surface area contributed by atoms with Crippen LogP contribution in [0.25, 0.3) is 0 Å². The van der Waals surface area contributed by atoms with Crippen molar-refractivity contribution in [1.82, 2.24) is 0 Å². The number of rotatable bonds is 4. The van der Waals surface area contributed by atoms with Crippen LogP contribution in [0.3, 0.4) is 0 Å². The van der Waals surface area contributed by atoms with Crippen molar-refractivity contribution in [3.63, 3.8) is 0 Å². The zero-order chi connectivity index (χ0) is 15.5. The topological polar surface area (TPSA) is 52.9 Å². The van der Waals surface area contributed by atoms with Gasteiger partial charge in [0.25, 0.3) is 0 Å². The summed E-state index contributed by atoms with van der Waals surface area (Å²) in [6.07, 6.45) is 4.24. The maximum absolute atomic E-state index is 12.9. The first-order valence-corrected chi connectivity index (χ1v) is 8.08. The zero-order valence-corrected chi connectivity index (χ0v) is 12.8.